The molecule has 2 aliphatic rings. The maximum Gasteiger partial charge on any atom is 0.127 e. The van der Waals surface area contributed by atoms with Crippen molar-refractivity contribution in [3.05, 3.63) is 28.3 Å². The molecule has 1 N–H and O–H groups in total. The molecule has 0 aromatic heterocycles. The summed E-state index contributed by atoms with van der Waals surface area (Å²) in [6, 6.07) is 4.07. The van der Waals surface area contributed by atoms with Gasteiger partial charge < -0.3 is 10.1 Å². The van der Waals surface area contributed by atoms with Crippen LogP contribution in [0.25, 0.3) is 0 Å². The van der Waals surface area contributed by atoms with Crippen molar-refractivity contribution in [2.75, 3.05) is 13.2 Å². The standard InChI is InChI=1S/C16H22ClNO/c1-16(5-2-3-6-16)11-18-10-13-9-14(17)8-12-4-7-19-15(12)13/h8-9,18H,2-7,10-11H2,1H3. The molecule has 1 saturated carbocycles. The van der Waals surface area contributed by atoms with Crippen LogP contribution in [0.15, 0.2) is 12.1 Å². The second kappa shape index (κ2) is 5.34. The zero-order chi connectivity index (χ0) is 13.3. The molecule has 0 bridgehead atoms. The van der Waals surface area contributed by atoms with Gasteiger partial charge in [0.05, 0.1) is 6.61 Å². The number of hydrogen-bond acceptors (Lipinski definition) is 2. The monoisotopic (exact) mass is 279 g/mol. The van der Waals surface area contributed by atoms with Crippen LogP contribution >= 0.6 is 11.6 Å². The molecule has 1 aromatic carbocycles. The Morgan fingerprint density at radius 2 is 2.11 bits per heavy atom. The maximum absolute atomic E-state index is 6.18. The zero-order valence-corrected chi connectivity index (χ0v) is 12.4. The molecule has 0 radical (unpaired) electrons. The molecule has 0 unspecified atom stereocenters. The van der Waals surface area contributed by atoms with Crippen molar-refractivity contribution in [3.8, 4) is 5.75 Å². The lowest BCUT2D eigenvalue weighted by atomic mass is 9.89. The Kier molecular flexibility index (Phi) is 3.72. The van der Waals surface area contributed by atoms with E-state index in [2.05, 4.69) is 12.2 Å². The first kappa shape index (κ1) is 13.3. The topological polar surface area (TPSA) is 21.3 Å². The number of rotatable bonds is 4. The Balaban J connectivity index is 1.64. The van der Waals surface area contributed by atoms with Gasteiger partial charge in [0.2, 0.25) is 0 Å². The second-order valence-electron chi connectivity index (χ2n) is 6.27. The quantitative estimate of drug-likeness (QED) is 0.901. The first-order valence-corrected chi connectivity index (χ1v) is 7.69. The average Bonchev–Trinajstić information content (AvgIpc) is 2.98. The van der Waals surface area contributed by atoms with Gasteiger partial charge in [-0.05, 0) is 36.0 Å². The fourth-order valence-corrected chi connectivity index (χ4v) is 3.65. The summed E-state index contributed by atoms with van der Waals surface area (Å²) in [5.74, 6) is 1.06. The van der Waals surface area contributed by atoms with Crippen molar-refractivity contribution in [1.82, 2.24) is 5.32 Å². The molecule has 3 rings (SSSR count). The smallest absolute Gasteiger partial charge is 0.127 e. The van der Waals surface area contributed by atoms with Gasteiger partial charge in [0, 0.05) is 30.1 Å². The Morgan fingerprint density at radius 1 is 1.32 bits per heavy atom. The number of fused-ring (bicyclic) bond motifs is 1. The zero-order valence-electron chi connectivity index (χ0n) is 11.6. The number of benzene rings is 1. The second-order valence-corrected chi connectivity index (χ2v) is 6.71. The Hall–Kier alpha value is -0.730. The van der Waals surface area contributed by atoms with E-state index in [4.69, 9.17) is 16.3 Å². The molecule has 3 heteroatoms. The van der Waals surface area contributed by atoms with E-state index in [9.17, 15) is 0 Å². The lowest BCUT2D eigenvalue weighted by Gasteiger charge is -2.24. The largest absolute Gasteiger partial charge is 0.493 e. The summed E-state index contributed by atoms with van der Waals surface area (Å²) in [6.07, 6.45) is 6.45. The summed E-state index contributed by atoms with van der Waals surface area (Å²) >= 11 is 6.18. The first-order chi connectivity index (χ1) is 9.16. The number of nitrogens with one attached hydrogen (secondary N) is 1. The lowest BCUT2D eigenvalue weighted by molar-refractivity contribution is 0.312. The minimum Gasteiger partial charge on any atom is -0.493 e. The van der Waals surface area contributed by atoms with E-state index in [1.807, 2.05) is 12.1 Å². The molecular weight excluding hydrogens is 258 g/mol. The molecule has 0 spiro atoms. The number of ether oxygens (including phenoxy) is 1. The van der Waals surface area contributed by atoms with Gasteiger partial charge >= 0.3 is 0 Å². The normalized spacial score (nSPS) is 20.3. The highest BCUT2D eigenvalue weighted by atomic mass is 35.5. The van der Waals surface area contributed by atoms with Crippen molar-refractivity contribution >= 4 is 11.6 Å². The molecule has 0 atom stereocenters. The Morgan fingerprint density at radius 3 is 2.89 bits per heavy atom. The molecule has 0 amide bonds. The summed E-state index contributed by atoms with van der Waals surface area (Å²) in [4.78, 5) is 0. The molecule has 0 saturated heterocycles. The summed E-state index contributed by atoms with van der Waals surface area (Å²) < 4.78 is 5.73. The van der Waals surface area contributed by atoms with E-state index in [1.165, 1.54) is 36.8 Å². The van der Waals surface area contributed by atoms with Crippen LogP contribution in [0, 0.1) is 5.41 Å². The predicted molar refractivity (Wildman–Crippen MR) is 78.9 cm³/mol. The fraction of sp³-hybridized carbons (Fsp3) is 0.625. The van der Waals surface area contributed by atoms with Crippen LogP contribution in [0.4, 0.5) is 0 Å². The van der Waals surface area contributed by atoms with E-state index >= 15 is 0 Å². The molecule has 1 fully saturated rings. The van der Waals surface area contributed by atoms with E-state index in [-0.39, 0.29) is 0 Å². The maximum atomic E-state index is 6.18. The van der Waals surface area contributed by atoms with Crippen LogP contribution in [0.3, 0.4) is 0 Å². The molecular formula is C16H22ClNO. The molecule has 104 valence electrons. The van der Waals surface area contributed by atoms with Crippen molar-refractivity contribution in [2.45, 2.75) is 45.6 Å². The van der Waals surface area contributed by atoms with Gasteiger partial charge in [0.1, 0.15) is 5.75 Å². The lowest BCUT2D eigenvalue weighted by Crippen LogP contribution is -2.29. The molecule has 1 aromatic rings. The SMILES string of the molecule is CC1(CNCc2cc(Cl)cc3c2OCC3)CCCC1. The molecule has 1 heterocycles. The van der Waals surface area contributed by atoms with Crippen molar-refractivity contribution in [1.29, 1.82) is 0 Å². The Bertz CT molecular complexity index is 466. The van der Waals surface area contributed by atoms with Crippen LogP contribution in [0.2, 0.25) is 5.02 Å². The Labute approximate surface area is 120 Å². The number of hydrogen-bond donors (Lipinski definition) is 1. The minimum absolute atomic E-state index is 0.489. The van der Waals surface area contributed by atoms with Gasteiger partial charge in [-0.25, -0.2) is 0 Å². The summed E-state index contributed by atoms with van der Waals surface area (Å²) in [7, 11) is 0. The van der Waals surface area contributed by atoms with Crippen molar-refractivity contribution < 1.29 is 4.74 Å². The molecule has 19 heavy (non-hydrogen) atoms. The van der Waals surface area contributed by atoms with Crippen LogP contribution in [-0.4, -0.2) is 13.2 Å². The molecule has 2 nitrogen and oxygen atoms in total. The van der Waals surface area contributed by atoms with E-state index in [1.54, 1.807) is 0 Å². The molecule has 1 aliphatic heterocycles. The van der Waals surface area contributed by atoms with Gasteiger partial charge in [-0.1, -0.05) is 31.4 Å². The van der Waals surface area contributed by atoms with Crippen LogP contribution < -0.4 is 10.1 Å². The van der Waals surface area contributed by atoms with Gasteiger partial charge in [0.15, 0.2) is 0 Å². The third-order valence-electron chi connectivity index (χ3n) is 4.50. The highest BCUT2D eigenvalue weighted by Crippen LogP contribution is 2.37. The van der Waals surface area contributed by atoms with E-state index < -0.39 is 0 Å². The predicted octanol–water partition coefficient (Wildman–Crippen LogP) is 3.94. The summed E-state index contributed by atoms with van der Waals surface area (Å²) in [6.45, 7) is 5.14. The van der Waals surface area contributed by atoms with Gasteiger partial charge in [-0.15, -0.1) is 0 Å². The van der Waals surface area contributed by atoms with Gasteiger partial charge in [0.25, 0.3) is 0 Å². The highest BCUT2D eigenvalue weighted by Gasteiger charge is 2.28. The average molecular weight is 280 g/mol. The number of halogens is 1. The fourth-order valence-electron chi connectivity index (χ4n) is 3.38. The summed E-state index contributed by atoms with van der Waals surface area (Å²) in [5, 5.41) is 4.43. The first-order valence-electron chi connectivity index (χ1n) is 7.31. The summed E-state index contributed by atoms with van der Waals surface area (Å²) in [5.41, 5.74) is 2.96. The van der Waals surface area contributed by atoms with Crippen molar-refractivity contribution in [3.63, 3.8) is 0 Å². The van der Waals surface area contributed by atoms with Gasteiger partial charge in [-0.3, -0.25) is 0 Å². The van der Waals surface area contributed by atoms with Crippen molar-refractivity contribution in [2.24, 2.45) is 5.41 Å². The minimum atomic E-state index is 0.489. The van der Waals surface area contributed by atoms with E-state index in [0.717, 1.165) is 36.9 Å². The molecule has 1 aliphatic carbocycles. The van der Waals surface area contributed by atoms with Crippen LogP contribution in [0.1, 0.15) is 43.7 Å². The third kappa shape index (κ3) is 2.90. The third-order valence-corrected chi connectivity index (χ3v) is 4.72. The highest BCUT2D eigenvalue weighted by molar-refractivity contribution is 6.30. The van der Waals surface area contributed by atoms with Crippen LogP contribution in [-0.2, 0) is 13.0 Å². The van der Waals surface area contributed by atoms with Crippen LogP contribution in [0.5, 0.6) is 5.75 Å². The van der Waals surface area contributed by atoms with Gasteiger partial charge in [-0.2, -0.15) is 0 Å². The van der Waals surface area contributed by atoms with E-state index in [0.29, 0.717) is 5.41 Å².